The van der Waals surface area contributed by atoms with E-state index in [1.54, 1.807) is 11.3 Å². The first kappa shape index (κ1) is 16.8. The van der Waals surface area contributed by atoms with E-state index in [1.807, 2.05) is 24.3 Å². The average Bonchev–Trinajstić information content (AvgIpc) is 3.27. The van der Waals surface area contributed by atoms with E-state index in [0.717, 1.165) is 48.3 Å². The molecular formula is C19H20ClN3OS. The topological polar surface area (TPSA) is 42.2 Å². The molecule has 3 aromatic rings. The SMILES string of the molecule is Cc1ccc(-c2nnc(C3CCN(Cc4ccccc4Cl)CC3)o2)s1. The lowest BCUT2D eigenvalue weighted by molar-refractivity contribution is 0.193. The van der Waals surface area contributed by atoms with E-state index in [-0.39, 0.29) is 0 Å². The fraction of sp³-hybridized carbons (Fsp3) is 0.368. The van der Waals surface area contributed by atoms with Crippen molar-refractivity contribution < 1.29 is 4.42 Å². The lowest BCUT2D eigenvalue weighted by atomic mass is 9.96. The summed E-state index contributed by atoms with van der Waals surface area (Å²) >= 11 is 7.96. The number of likely N-dealkylation sites (tertiary alicyclic amines) is 1. The molecule has 0 N–H and O–H groups in total. The molecule has 0 bridgehead atoms. The summed E-state index contributed by atoms with van der Waals surface area (Å²) < 4.78 is 5.94. The van der Waals surface area contributed by atoms with Crippen molar-refractivity contribution >= 4 is 22.9 Å². The molecule has 0 amide bonds. The lowest BCUT2D eigenvalue weighted by Gasteiger charge is -2.30. The van der Waals surface area contributed by atoms with Crippen molar-refractivity contribution in [2.75, 3.05) is 13.1 Å². The highest BCUT2D eigenvalue weighted by atomic mass is 35.5. The van der Waals surface area contributed by atoms with Gasteiger partial charge in [-0.25, -0.2) is 0 Å². The number of halogens is 1. The maximum Gasteiger partial charge on any atom is 0.257 e. The number of nitrogens with zero attached hydrogens (tertiary/aromatic N) is 3. The molecule has 0 unspecified atom stereocenters. The summed E-state index contributed by atoms with van der Waals surface area (Å²) in [6.07, 6.45) is 2.07. The molecule has 1 saturated heterocycles. The molecule has 130 valence electrons. The Labute approximate surface area is 156 Å². The van der Waals surface area contributed by atoms with Crippen LogP contribution in [0, 0.1) is 6.92 Å². The van der Waals surface area contributed by atoms with Gasteiger partial charge in [-0.3, -0.25) is 4.90 Å². The quantitative estimate of drug-likeness (QED) is 0.635. The van der Waals surface area contributed by atoms with Crippen molar-refractivity contribution in [2.24, 2.45) is 0 Å². The highest BCUT2D eigenvalue weighted by Crippen LogP contribution is 2.32. The molecule has 1 aromatic carbocycles. The number of hydrogen-bond donors (Lipinski definition) is 0. The van der Waals surface area contributed by atoms with Crippen LogP contribution in [0.1, 0.15) is 35.1 Å². The van der Waals surface area contributed by atoms with Gasteiger partial charge in [0.1, 0.15) is 0 Å². The van der Waals surface area contributed by atoms with Gasteiger partial charge in [0.05, 0.1) is 4.88 Å². The molecular weight excluding hydrogens is 354 g/mol. The third-order valence-electron chi connectivity index (χ3n) is 4.68. The highest BCUT2D eigenvalue weighted by Gasteiger charge is 2.25. The van der Waals surface area contributed by atoms with Crippen molar-refractivity contribution in [2.45, 2.75) is 32.2 Å². The molecule has 0 aliphatic carbocycles. The van der Waals surface area contributed by atoms with Gasteiger partial charge in [-0.05, 0) is 56.6 Å². The summed E-state index contributed by atoms with van der Waals surface area (Å²) in [6, 6.07) is 12.2. The molecule has 2 aromatic heterocycles. The molecule has 0 atom stereocenters. The third-order valence-corrected chi connectivity index (χ3v) is 6.04. The van der Waals surface area contributed by atoms with Gasteiger partial charge in [0.25, 0.3) is 5.89 Å². The van der Waals surface area contributed by atoms with E-state index in [9.17, 15) is 0 Å². The van der Waals surface area contributed by atoms with Crippen molar-refractivity contribution in [3.05, 3.63) is 57.8 Å². The number of benzene rings is 1. The number of piperidine rings is 1. The molecule has 4 nitrogen and oxygen atoms in total. The van der Waals surface area contributed by atoms with Crippen LogP contribution in [-0.2, 0) is 6.54 Å². The molecule has 25 heavy (non-hydrogen) atoms. The summed E-state index contributed by atoms with van der Waals surface area (Å²) in [5.74, 6) is 1.77. The Balaban J connectivity index is 1.37. The van der Waals surface area contributed by atoms with Gasteiger partial charge >= 0.3 is 0 Å². The Kier molecular flexibility index (Phi) is 4.88. The van der Waals surface area contributed by atoms with E-state index in [4.69, 9.17) is 16.0 Å². The van der Waals surface area contributed by atoms with E-state index in [2.05, 4.69) is 34.2 Å². The van der Waals surface area contributed by atoms with Crippen LogP contribution in [0.15, 0.2) is 40.8 Å². The van der Waals surface area contributed by atoms with Gasteiger partial charge in [-0.1, -0.05) is 29.8 Å². The van der Waals surface area contributed by atoms with Crippen molar-refractivity contribution in [1.29, 1.82) is 0 Å². The Bertz CT molecular complexity index is 852. The molecule has 3 heterocycles. The van der Waals surface area contributed by atoms with Crippen LogP contribution in [0.5, 0.6) is 0 Å². The van der Waals surface area contributed by atoms with E-state index in [0.29, 0.717) is 11.8 Å². The minimum atomic E-state index is 0.352. The van der Waals surface area contributed by atoms with E-state index in [1.165, 1.54) is 10.4 Å². The van der Waals surface area contributed by atoms with Crippen LogP contribution in [-0.4, -0.2) is 28.2 Å². The molecule has 1 aliphatic heterocycles. The van der Waals surface area contributed by atoms with Crippen LogP contribution < -0.4 is 0 Å². The van der Waals surface area contributed by atoms with Crippen LogP contribution in [0.2, 0.25) is 5.02 Å². The smallest absolute Gasteiger partial charge is 0.257 e. The van der Waals surface area contributed by atoms with Gasteiger partial charge < -0.3 is 4.42 Å². The minimum Gasteiger partial charge on any atom is -0.420 e. The molecule has 0 saturated carbocycles. The first-order valence-corrected chi connectivity index (χ1v) is 9.74. The van der Waals surface area contributed by atoms with Crippen LogP contribution in [0.25, 0.3) is 10.8 Å². The summed E-state index contributed by atoms with van der Waals surface area (Å²) in [5, 5.41) is 9.38. The molecule has 1 aliphatic rings. The summed E-state index contributed by atoms with van der Waals surface area (Å²) in [6.45, 7) is 5.02. The van der Waals surface area contributed by atoms with Gasteiger partial charge in [-0.15, -0.1) is 21.5 Å². The van der Waals surface area contributed by atoms with Gasteiger partial charge in [0.2, 0.25) is 5.89 Å². The predicted octanol–water partition coefficient (Wildman–Crippen LogP) is 5.14. The Morgan fingerprint density at radius 3 is 2.68 bits per heavy atom. The van der Waals surface area contributed by atoms with Crippen molar-refractivity contribution in [3.63, 3.8) is 0 Å². The molecule has 1 fully saturated rings. The molecule has 0 spiro atoms. The first-order valence-electron chi connectivity index (χ1n) is 8.55. The molecule has 4 rings (SSSR count). The lowest BCUT2D eigenvalue weighted by Crippen LogP contribution is -2.32. The highest BCUT2D eigenvalue weighted by molar-refractivity contribution is 7.15. The van der Waals surface area contributed by atoms with Crippen LogP contribution in [0.3, 0.4) is 0 Å². The fourth-order valence-corrected chi connectivity index (χ4v) is 4.24. The normalized spacial score (nSPS) is 16.4. The minimum absolute atomic E-state index is 0.352. The Hall–Kier alpha value is -1.69. The summed E-state index contributed by atoms with van der Waals surface area (Å²) in [5.41, 5.74) is 1.19. The standard InChI is InChI=1S/C19H20ClN3OS/c1-13-6-7-17(25-13)19-22-21-18(24-19)14-8-10-23(11-9-14)12-15-4-2-3-5-16(15)20/h2-7,14H,8-12H2,1H3. The Morgan fingerprint density at radius 1 is 1.16 bits per heavy atom. The molecule has 0 radical (unpaired) electrons. The second-order valence-electron chi connectivity index (χ2n) is 6.50. The second kappa shape index (κ2) is 7.28. The zero-order valence-electron chi connectivity index (χ0n) is 14.1. The van der Waals surface area contributed by atoms with Gasteiger partial charge in [0, 0.05) is 22.4 Å². The van der Waals surface area contributed by atoms with Crippen molar-refractivity contribution in [3.8, 4) is 10.8 Å². The summed E-state index contributed by atoms with van der Waals surface area (Å²) in [7, 11) is 0. The van der Waals surface area contributed by atoms with Gasteiger partial charge in [-0.2, -0.15) is 0 Å². The first-order chi connectivity index (χ1) is 12.2. The van der Waals surface area contributed by atoms with Crippen LogP contribution >= 0.6 is 22.9 Å². The van der Waals surface area contributed by atoms with Crippen molar-refractivity contribution in [1.82, 2.24) is 15.1 Å². The fourth-order valence-electron chi connectivity index (χ4n) is 3.25. The zero-order chi connectivity index (χ0) is 17.2. The Morgan fingerprint density at radius 2 is 1.96 bits per heavy atom. The van der Waals surface area contributed by atoms with E-state index >= 15 is 0 Å². The second-order valence-corrected chi connectivity index (χ2v) is 8.19. The van der Waals surface area contributed by atoms with Gasteiger partial charge in [0.15, 0.2) is 0 Å². The van der Waals surface area contributed by atoms with E-state index < -0.39 is 0 Å². The maximum atomic E-state index is 6.27. The third kappa shape index (κ3) is 3.78. The summed E-state index contributed by atoms with van der Waals surface area (Å²) in [4.78, 5) is 4.74. The maximum absolute atomic E-state index is 6.27. The number of hydrogen-bond acceptors (Lipinski definition) is 5. The largest absolute Gasteiger partial charge is 0.420 e. The predicted molar refractivity (Wildman–Crippen MR) is 101 cm³/mol. The number of aryl methyl sites for hydroxylation is 1. The number of rotatable bonds is 4. The number of thiophene rings is 1. The number of aromatic nitrogens is 2. The molecule has 6 heteroatoms. The van der Waals surface area contributed by atoms with Crippen LogP contribution in [0.4, 0.5) is 0 Å². The average molecular weight is 374 g/mol. The zero-order valence-corrected chi connectivity index (χ0v) is 15.7. The monoisotopic (exact) mass is 373 g/mol.